The summed E-state index contributed by atoms with van der Waals surface area (Å²) >= 11 is 0. The maximum atomic E-state index is 13.6. The zero-order chi connectivity index (χ0) is 27.5. The molecule has 1 saturated heterocycles. The molecule has 204 valence electrons. The number of nitrogen functional groups attached to an aromatic ring is 1. The third-order valence-electron chi connectivity index (χ3n) is 7.10. The molecule has 2 aliphatic heterocycles. The van der Waals surface area contributed by atoms with Crippen molar-refractivity contribution in [3.05, 3.63) is 29.6 Å². The third kappa shape index (κ3) is 4.24. The average molecular weight is 544 g/mol. The lowest BCUT2D eigenvalue weighted by atomic mass is 9.80. The first-order valence-corrected chi connectivity index (χ1v) is 11.8. The number of fused-ring (bicyclic) bond motifs is 2. The molecule has 2 aromatic rings. The maximum Gasteiger partial charge on any atom is 0.451 e. The highest BCUT2D eigenvalue weighted by atomic mass is 19.4. The number of rotatable bonds is 3. The van der Waals surface area contributed by atoms with Gasteiger partial charge in [0.05, 0.1) is 29.1 Å². The van der Waals surface area contributed by atoms with Gasteiger partial charge in [-0.1, -0.05) is 12.8 Å². The van der Waals surface area contributed by atoms with E-state index >= 15 is 0 Å². The Labute approximate surface area is 211 Å². The van der Waals surface area contributed by atoms with E-state index in [1.165, 1.54) is 0 Å². The van der Waals surface area contributed by atoms with Crippen LogP contribution in [0.2, 0.25) is 0 Å². The number of halogens is 6. The van der Waals surface area contributed by atoms with Gasteiger partial charge in [-0.2, -0.15) is 26.3 Å². The molecular weight excluding hydrogens is 522 g/mol. The number of likely N-dealkylation sites (tertiary alicyclic amines) is 1. The molecule has 1 spiro atoms. The van der Waals surface area contributed by atoms with Gasteiger partial charge < -0.3 is 15.4 Å². The van der Waals surface area contributed by atoms with Gasteiger partial charge in [0.1, 0.15) is 17.7 Å². The molecule has 38 heavy (non-hydrogen) atoms. The molecule has 3 N–H and O–H groups in total. The Hall–Kier alpha value is -3.72. The fourth-order valence-electron chi connectivity index (χ4n) is 5.45. The van der Waals surface area contributed by atoms with Crippen molar-refractivity contribution in [1.82, 2.24) is 24.8 Å². The fourth-order valence-corrected chi connectivity index (χ4v) is 5.45. The second-order valence-corrected chi connectivity index (χ2v) is 9.40. The Morgan fingerprint density at radius 2 is 1.76 bits per heavy atom. The van der Waals surface area contributed by atoms with Crippen LogP contribution in [0.25, 0.3) is 0 Å². The number of nitrogens with two attached hydrogens (primary N) is 1. The van der Waals surface area contributed by atoms with Gasteiger partial charge in [-0.3, -0.25) is 15.1 Å². The molecule has 1 atom stereocenters. The van der Waals surface area contributed by atoms with Crippen molar-refractivity contribution in [3.63, 3.8) is 0 Å². The van der Waals surface area contributed by atoms with E-state index in [0.29, 0.717) is 31.2 Å². The molecule has 10 nitrogen and oxygen atoms in total. The Bertz CT molecular complexity index is 1260. The molecule has 1 aliphatic carbocycles. The van der Waals surface area contributed by atoms with E-state index < -0.39 is 48.2 Å². The zero-order valence-corrected chi connectivity index (χ0v) is 19.7. The van der Waals surface area contributed by atoms with Crippen molar-refractivity contribution in [3.8, 4) is 0 Å². The van der Waals surface area contributed by atoms with Gasteiger partial charge in [-0.05, 0) is 25.7 Å². The lowest BCUT2D eigenvalue weighted by Gasteiger charge is -2.27. The molecular formula is C22H22F6N8O2. The molecule has 0 unspecified atom stereocenters. The number of hydrogen-bond acceptors (Lipinski definition) is 8. The van der Waals surface area contributed by atoms with E-state index in [4.69, 9.17) is 15.9 Å². The van der Waals surface area contributed by atoms with E-state index in [9.17, 15) is 31.1 Å². The molecule has 0 aromatic carbocycles. The van der Waals surface area contributed by atoms with Crippen molar-refractivity contribution in [2.24, 2.45) is 0 Å². The summed E-state index contributed by atoms with van der Waals surface area (Å²) in [4.78, 5) is 30.8. The largest absolute Gasteiger partial charge is 0.457 e. The summed E-state index contributed by atoms with van der Waals surface area (Å²) in [7, 11) is 0. The van der Waals surface area contributed by atoms with E-state index in [1.54, 1.807) is 0 Å². The van der Waals surface area contributed by atoms with Crippen LogP contribution in [0.15, 0.2) is 12.4 Å². The van der Waals surface area contributed by atoms with E-state index in [-0.39, 0.29) is 42.5 Å². The molecule has 1 amide bonds. The summed E-state index contributed by atoms with van der Waals surface area (Å²) in [6.45, 7) is -0.523. The molecule has 2 aromatic heterocycles. The minimum Gasteiger partial charge on any atom is -0.457 e. The van der Waals surface area contributed by atoms with Crippen LogP contribution in [0.5, 0.6) is 0 Å². The number of ether oxygens (including phenoxy) is 1. The second kappa shape index (κ2) is 8.94. The van der Waals surface area contributed by atoms with Gasteiger partial charge in [0.15, 0.2) is 12.4 Å². The van der Waals surface area contributed by atoms with Gasteiger partial charge in [0.25, 0.3) is 6.02 Å². The number of nitrogens with one attached hydrogen (secondary N) is 1. The number of amidine groups is 1. The monoisotopic (exact) mass is 544 g/mol. The summed E-state index contributed by atoms with van der Waals surface area (Å²) in [6.07, 6.45) is -5.22. The van der Waals surface area contributed by atoms with Crippen molar-refractivity contribution in [2.45, 2.75) is 68.9 Å². The minimum atomic E-state index is -4.78. The SMILES string of the molecule is N=C(OCc1nc(N)c2c(n1)N(c1cnc(C(F)(F)F)nc1)C(=O)C21CCCC1)N1CCC[C@@H]1C(F)(F)F. The highest BCUT2D eigenvalue weighted by Crippen LogP contribution is 2.54. The molecule has 5 rings (SSSR count). The normalized spacial score (nSPS) is 20.9. The third-order valence-corrected chi connectivity index (χ3v) is 7.10. The molecule has 16 heteroatoms. The number of hydrogen-bond donors (Lipinski definition) is 2. The number of aromatic nitrogens is 4. The first-order chi connectivity index (χ1) is 17.8. The van der Waals surface area contributed by atoms with Crippen molar-refractivity contribution in [1.29, 1.82) is 5.41 Å². The topological polar surface area (TPSA) is 134 Å². The standard InChI is InChI=1S/C22H22F6N8O2/c23-21(24,25)12-4-3-7-35(12)19(30)38-10-13-33-15(29)14-16(34-13)36(18(37)20(14)5-1-2-6-20)11-8-31-17(32-9-11)22(26,27)28/h8-9,12,30H,1-7,10H2,(H2,29,33,34)/t12-/m1/s1. The molecule has 2 fully saturated rings. The summed E-state index contributed by atoms with van der Waals surface area (Å²) in [6, 6.07) is -2.54. The van der Waals surface area contributed by atoms with Gasteiger partial charge in [0.2, 0.25) is 11.7 Å². The van der Waals surface area contributed by atoms with Crippen LogP contribution in [0, 0.1) is 5.41 Å². The zero-order valence-electron chi connectivity index (χ0n) is 19.7. The van der Waals surface area contributed by atoms with Crippen molar-refractivity contribution >= 4 is 29.3 Å². The molecule has 4 heterocycles. The number of amides is 1. The van der Waals surface area contributed by atoms with E-state index in [0.717, 1.165) is 22.2 Å². The Morgan fingerprint density at radius 3 is 2.37 bits per heavy atom. The average Bonchev–Trinajstić information content (AvgIpc) is 3.57. The molecule has 0 bridgehead atoms. The first kappa shape index (κ1) is 25.9. The lowest BCUT2D eigenvalue weighted by molar-refractivity contribution is -0.169. The molecule has 1 saturated carbocycles. The number of anilines is 3. The van der Waals surface area contributed by atoms with Crippen LogP contribution in [0.1, 0.15) is 55.7 Å². The predicted octanol–water partition coefficient (Wildman–Crippen LogP) is 3.84. The summed E-state index contributed by atoms with van der Waals surface area (Å²) < 4.78 is 84.0. The van der Waals surface area contributed by atoms with Crippen LogP contribution in [-0.4, -0.2) is 55.5 Å². The number of nitrogens with zero attached hydrogens (tertiary/aromatic N) is 6. The Morgan fingerprint density at radius 1 is 1.11 bits per heavy atom. The lowest BCUT2D eigenvalue weighted by Crippen LogP contribution is -2.45. The number of carbonyl (C=O) groups is 1. The fraction of sp³-hybridized carbons (Fsp3) is 0.545. The predicted molar refractivity (Wildman–Crippen MR) is 119 cm³/mol. The van der Waals surface area contributed by atoms with Gasteiger partial charge in [-0.15, -0.1) is 0 Å². The van der Waals surface area contributed by atoms with Crippen LogP contribution < -0.4 is 10.6 Å². The highest BCUT2D eigenvalue weighted by molar-refractivity contribution is 6.13. The second-order valence-electron chi connectivity index (χ2n) is 9.40. The highest BCUT2D eigenvalue weighted by Gasteiger charge is 2.55. The summed E-state index contributed by atoms with van der Waals surface area (Å²) in [5.74, 6) is -1.98. The van der Waals surface area contributed by atoms with Crippen molar-refractivity contribution < 1.29 is 35.9 Å². The minimum absolute atomic E-state index is 0.00505. The van der Waals surface area contributed by atoms with Crippen LogP contribution in [-0.2, 0) is 27.7 Å². The van der Waals surface area contributed by atoms with Gasteiger partial charge in [-0.25, -0.2) is 19.9 Å². The summed E-state index contributed by atoms with van der Waals surface area (Å²) in [5, 5.41) is 8.00. The summed E-state index contributed by atoms with van der Waals surface area (Å²) in [5.41, 5.74) is 5.44. The molecule has 3 aliphatic rings. The van der Waals surface area contributed by atoms with E-state index in [1.807, 2.05) is 0 Å². The van der Waals surface area contributed by atoms with Crippen molar-refractivity contribution in [2.75, 3.05) is 17.2 Å². The number of alkyl halides is 6. The Kier molecular flexibility index (Phi) is 6.10. The quantitative estimate of drug-likeness (QED) is 0.338. The van der Waals surface area contributed by atoms with E-state index in [2.05, 4.69) is 19.9 Å². The first-order valence-electron chi connectivity index (χ1n) is 11.8. The number of carbonyl (C=O) groups excluding carboxylic acids is 1. The van der Waals surface area contributed by atoms with Gasteiger partial charge >= 0.3 is 12.4 Å². The van der Waals surface area contributed by atoms with Gasteiger partial charge in [0, 0.05) is 6.54 Å². The van der Waals surface area contributed by atoms with Crippen LogP contribution >= 0.6 is 0 Å². The Balaban J connectivity index is 1.46. The molecule has 0 radical (unpaired) electrons. The maximum absolute atomic E-state index is 13.6. The van der Waals surface area contributed by atoms with Crippen LogP contribution in [0.4, 0.5) is 43.7 Å². The van der Waals surface area contributed by atoms with Crippen LogP contribution in [0.3, 0.4) is 0 Å². The smallest absolute Gasteiger partial charge is 0.451 e.